The maximum absolute atomic E-state index is 12.5. The van der Waals surface area contributed by atoms with Gasteiger partial charge in [0, 0.05) is 17.1 Å². The summed E-state index contributed by atoms with van der Waals surface area (Å²) in [6, 6.07) is 9.92. The van der Waals surface area contributed by atoms with E-state index < -0.39 is 11.7 Å². The molecule has 0 unspecified atom stereocenters. The standard InChI is InChI=1S/C18H17ClF3NO2/c1-25-16-7-6-15(19)10-13(16)11-17(24)23-9-8-12-2-4-14(5-3-12)18(20,21)22/h2-7,10H,8-9,11H2,1H3,(H,23,24). The first kappa shape index (κ1) is 19.1. The van der Waals surface area contributed by atoms with Crippen LogP contribution in [0.2, 0.25) is 5.02 Å². The van der Waals surface area contributed by atoms with Crippen molar-refractivity contribution in [2.75, 3.05) is 13.7 Å². The molecule has 0 atom stereocenters. The van der Waals surface area contributed by atoms with Crippen LogP contribution in [0.4, 0.5) is 13.2 Å². The first-order valence-corrected chi connectivity index (χ1v) is 7.92. The van der Waals surface area contributed by atoms with Crippen molar-refractivity contribution < 1.29 is 22.7 Å². The van der Waals surface area contributed by atoms with Crippen LogP contribution in [0.1, 0.15) is 16.7 Å². The zero-order chi connectivity index (χ0) is 18.4. The van der Waals surface area contributed by atoms with Gasteiger partial charge in [-0.05, 0) is 42.3 Å². The molecule has 2 aromatic carbocycles. The Kier molecular flexibility index (Phi) is 6.31. The third-order valence-electron chi connectivity index (χ3n) is 3.61. The van der Waals surface area contributed by atoms with Gasteiger partial charge in [0.25, 0.3) is 0 Å². The van der Waals surface area contributed by atoms with E-state index >= 15 is 0 Å². The lowest BCUT2D eigenvalue weighted by Gasteiger charge is -2.10. The van der Waals surface area contributed by atoms with Gasteiger partial charge in [0.15, 0.2) is 0 Å². The molecule has 2 aromatic rings. The number of hydrogen-bond acceptors (Lipinski definition) is 2. The smallest absolute Gasteiger partial charge is 0.416 e. The summed E-state index contributed by atoms with van der Waals surface area (Å²) in [6.07, 6.45) is -3.80. The van der Waals surface area contributed by atoms with Crippen LogP contribution in [-0.2, 0) is 23.8 Å². The molecule has 0 aliphatic heterocycles. The Morgan fingerprint density at radius 2 is 1.84 bits per heavy atom. The molecule has 0 aliphatic rings. The van der Waals surface area contributed by atoms with Gasteiger partial charge >= 0.3 is 6.18 Å². The first-order chi connectivity index (χ1) is 11.8. The number of alkyl halides is 3. The maximum atomic E-state index is 12.5. The number of carbonyl (C=O) groups is 1. The molecule has 25 heavy (non-hydrogen) atoms. The zero-order valence-electron chi connectivity index (χ0n) is 13.5. The molecule has 1 N–H and O–H groups in total. The van der Waals surface area contributed by atoms with Crippen molar-refractivity contribution in [2.24, 2.45) is 0 Å². The minimum Gasteiger partial charge on any atom is -0.496 e. The molecule has 3 nitrogen and oxygen atoms in total. The van der Waals surface area contributed by atoms with Crippen LogP contribution in [0.5, 0.6) is 5.75 Å². The normalized spacial score (nSPS) is 11.2. The fourth-order valence-corrected chi connectivity index (χ4v) is 2.52. The third-order valence-corrected chi connectivity index (χ3v) is 3.85. The number of carbonyl (C=O) groups excluding carboxylic acids is 1. The molecule has 0 saturated carbocycles. The number of ether oxygens (including phenoxy) is 1. The molecule has 7 heteroatoms. The van der Waals surface area contributed by atoms with Gasteiger partial charge in [-0.3, -0.25) is 4.79 Å². The molecule has 0 fully saturated rings. The van der Waals surface area contributed by atoms with Crippen molar-refractivity contribution in [1.82, 2.24) is 5.32 Å². The number of benzene rings is 2. The average Bonchev–Trinajstić information content (AvgIpc) is 2.55. The second kappa shape index (κ2) is 8.25. The van der Waals surface area contributed by atoms with E-state index in [-0.39, 0.29) is 12.3 Å². The summed E-state index contributed by atoms with van der Waals surface area (Å²) in [4.78, 5) is 12.0. The third kappa shape index (κ3) is 5.67. The molecular formula is C18H17ClF3NO2. The minimum atomic E-state index is -4.34. The van der Waals surface area contributed by atoms with E-state index in [0.717, 1.165) is 12.1 Å². The quantitative estimate of drug-likeness (QED) is 0.823. The SMILES string of the molecule is COc1ccc(Cl)cc1CC(=O)NCCc1ccc(C(F)(F)F)cc1. The molecule has 134 valence electrons. The number of nitrogens with one attached hydrogen (secondary N) is 1. The molecular weight excluding hydrogens is 355 g/mol. The Morgan fingerprint density at radius 3 is 2.44 bits per heavy atom. The highest BCUT2D eigenvalue weighted by molar-refractivity contribution is 6.30. The van der Waals surface area contributed by atoms with Gasteiger partial charge in [-0.15, -0.1) is 0 Å². The zero-order valence-corrected chi connectivity index (χ0v) is 14.2. The van der Waals surface area contributed by atoms with Crippen molar-refractivity contribution in [3.8, 4) is 5.75 Å². The number of amides is 1. The molecule has 2 rings (SSSR count). The summed E-state index contributed by atoms with van der Waals surface area (Å²) in [5.41, 5.74) is 0.698. The van der Waals surface area contributed by atoms with Crippen LogP contribution in [0.25, 0.3) is 0 Å². The molecule has 1 amide bonds. The number of hydrogen-bond donors (Lipinski definition) is 1. The second-order valence-electron chi connectivity index (χ2n) is 5.43. The molecule has 0 heterocycles. The van der Waals surface area contributed by atoms with Crippen LogP contribution in [0.3, 0.4) is 0 Å². The van der Waals surface area contributed by atoms with Crippen LogP contribution in [0, 0.1) is 0 Å². The Morgan fingerprint density at radius 1 is 1.16 bits per heavy atom. The van der Waals surface area contributed by atoms with E-state index in [0.29, 0.717) is 34.9 Å². The lowest BCUT2D eigenvalue weighted by atomic mass is 10.1. The van der Waals surface area contributed by atoms with Crippen molar-refractivity contribution in [3.05, 3.63) is 64.2 Å². The van der Waals surface area contributed by atoms with E-state index in [4.69, 9.17) is 16.3 Å². The molecule has 0 aliphatic carbocycles. The van der Waals surface area contributed by atoms with Gasteiger partial charge in [0.05, 0.1) is 19.1 Å². The second-order valence-corrected chi connectivity index (χ2v) is 5.86. The summed E-state index contributed by atoms with van der Waals surface area (Å²) >= 11 is 5.92. The predicted molar refractivity (Wildman–Crippen MR) is 89.9 cm³/mol. The van der Waals surface area contributed by atoms with Crippen molar-refractivity contribution in [3.63, 3.8) is 0 Å². The summed E-state index contributed by atoms with van der Waals surface area (Å²) in [6.45, 7) is 0.326. The fourth-order valence-electron chi connectivity index (χ4n) is 2.33. The summed E-state index contributed by atoms with van der Waals surface area (Å²) in [5, 5.41) is 3.24. The van der Waals surface area contributed by atoms with E-state index in [1.54, 1.807) is 18.2 Å². The van der Waals surface area contributed by atoms with E-state index in [2.05, 4.69) is 5.32 Å². The van der Waals surface area contributed by atoms with Crippen LogP contribution >= 0.6 is 11.6 Å². The van der Waals surface area contributed by atoms with Gasteiger partial charge in [0.2, 0.25) is 5.91 Å². The van der Waals surface area contributed by atoms with Gasteiger partial charge < -0.3 is 10.1 Å². The fraction of sp³-hybridized carbons (Fsp3) is 0.278. The van der Waals surface area contributed by atoms with Crippen LogP contribution < -0.4 is 10.1 Å². The number of halogens is 4. The Labute approximate surface area is 148 Å². The van der Waals surface area contributed by atoms with Gasteiger partial charge in [-0.25, -0.2) is 0 Å². The lowest BCUT2D eigenvalue weighted by Crippen LogP contribution is -2.27. The Hall–Kier alpha value is -2.21. The largest absolute Gasteiger partial charge is 0.496 e. The first-order valence-electron chi connectivity index (χ1n) is 7.55. The predicted octanol–water partition coefficient (Wildman–Crippen LogP) is 4.27. The highest BCUT2D eigenvalue weighted by Crippen LogP contribution is 2.29. The van der Waals surface area contributed by atoms with E-state index in [9.17, 15) is 18.0 Å². The number of methoxy groups -OCH3 is 1. The van der Waals surface area contributed by atoms with E-state index in [1.807, 2.05) is 0 Å². The summed E-state index contributed by atoms with van der Waals surface area (Å²) in [7, 11) is 1.51. The summed E-state index contributed by atoms with van der Waals surface area (Å²) in [5.74, 6) is 0.356. The lowest BCUT2D eigenvalue weighted by molar-refractivity contribution is -0.137. The van der Waals surface area contributed by atoms with Crippen molar-refractivity contribution in [1.29, 1.82) is 0 Å². The molecule has 0 spiro atoms. The van der Waals surface area contributed by atoms with Crippen molar-refractivity contribution in [2.45, 2.75) is 19.0 Å². The molecule has 0 aromatic heterocycles. The Bertz CT molecular complexity index is 730. The molecule has 0 bridgehead atoms. The highest BCUT2D eigenvalue weighted by atomic mass is 35.5. The minimum absolute atomic E-state index is 0.108. The Balaban J connectivity index is 1.86. The highest BCUT2D eigenvalue weighted by Gasteiger charge is 2.29. The van der Waals surface area contributed by atoms with Crippen molar-refractivity contribution >= 4 is 17.5 Å². The monoisotopic (exact) mass is 371 g/mol. The van der Waals surface area contributed by atoms with Gasteiger partial charge in [-0.2, -0.15) is 13.2 Å². The molecule has 0 saturated heterocycles. The molecule has 0 radical (unpaired) electrons. The van der Waals surface area contributed by atoms with Gasteiger partial charge in [-0.1, -0.05) is 23.7 Å². The van der Waals surface area contributed by atoms with Crippen LogP contribution in [-0.4, -0.2) is 19.6 Å². The summed E-state index contributed by atoms with van der Waals surface area (Å²) < 4.78 is 42.7. The maximum Gasteiger partial charge on any atom is 0.416 e. The van der Waals surface area contributed by atoms with Crippen LogP contribution in [0.15, 0.2) is 42.5 Å². The average molecular weight is 372 g/mol. The van der Waals surface area contributed by atoms with Gasteiger partial charge in [0.1, 0.15) is 5.75 Å². The topological polar surface area (TPSA) is 38.3 Å². The number of rotatable bonds is 6. The van der Waals surface area contributed by atoms with E-state index in [1.165, 1.54) is 19.2 Å².